The number of ether oxygens (including phenoxy) is 3. The quantitative estimate of drug-likeness (QED) is 0.745. The molecule has 0 saturated heterocycles. The number of methoxy groups -OCH3 is 1. The van der Waals surface area contributed by atoms with Crippen molar-refractivity contribution in [1.82, 2.24) is 0 Å². The fraction of sp³-hybridized carbons (Fsp3) is 0.385. The molecule has 18 heavy (non-hydrogen) atoms. The van der Waals surface area contributed by atoms with Gasteiger partial charge in [-0.15, -0.1) is 0 Å². The largest absolute Gasteiger partial charge is 0.490 e. The average molecular weight is 249 g/mol. The van der Waals surface area contributed by atoms with E-state index in [9.17, 15) is 4.79 Å². The standard InChI is InChI=1S/C13H15NO4/c1-4-17-12-7-10(8-14)5-6-11(12)18-9(2)13(15)16-3/h5-7,9H,4H2,1-3H3/t9-/m0/s1. The number of carbonyl (C=O) groups excluding carboxylic acids is 1. The Morgan fingerprint density at radius 3 is 2.72 bits per heavy atom. The van der Waals surface area contributed by atoms with Crippen molar-refractivity contribution in [1.29, 1.82) is 5.26 Å². The van der Waals surface area contributed by atoms with Crippen LogP contribution in [0.2, 0.25) is 0 Å². The van der Waals surface area contributed by atoms with Crippen molar-refractivity contribution in [2.45, 2.75) is 20.0 Å². The third-order valence-electron chi connectivity index (χ3n) is 2.21. The van der Waals surface area contributed by atoms with Crippen LogP contribution in [0.4, 0.5) is 0 Å². The summed E-state index contributed by atoms with van der Waals surface area (Å²) in [6.45, 7) is 3.85. The van der Waals surface area contributed by atoms with Crippen LogP contribution in [0.1, 0.15) is 19.4 Å². The summed E-state index contributed by atoms with van der Waals surface area (Å²) in [7, 11) is 1.30. The van der Waals surface area contributed by atoms with Crippen molar-refractivity contribution < 1.29 is 19.0 Å². The van der Waals surface area contributed by atoms with E-state index in [1.807, 2.05) is 13.0 Å². The fourth-order valence-electron chi connectivity index (χ4n) is 1.35. The first kappa shape index (κ1) is 13.8. The molecular formula is C13H15NO4. The number of hydrogen-bond donors (Lipinski definition) is 0. The van der Waals surface area contributed by atoms with Crippen LogP contribution in [0.15, 0.2) is 18.2 Å². The van der Waals surface area contributed by atoms with Crippen LogP contribution in [0.25, 0.3) is 0 Å². The number of rotatable bonds is 5. The molecular weight excluding hydrogens is 234 g/mol. The maximum atomic E-state index is 11.3. The Kier molecular flexibility index (Phi) is 5.00. The molecule has 1 aromatic rings. The molecule has 0 bridgehead atoms. The minimum absolute atomic E-state index is 0.411. The summed E-state index contributed by atoms with van der Waals surface area (Å²) in [6, 6.07) is 6.78. The Labute approximate surface area is 106 Å². The predicted molar refractivity (Wildman–Crippen MR) is 64.4 cm³/mol. The topological polar surface area (TPSA) is 68.5 Å². The van der Waals surface area contributed by atoms with Crippen LogP contribution in [0, 0.1) is 11.3 Å². The van der Waals surface area contributed by atoms with Crippen molar-refractivity contribution in [2.24, 2.45) is 0 Å². The third kappa shape index (κ3) is 3.39. The molecule has 5 heteroatoms. The van der Waals surface area contributed by atoms with Crippen LogP contribution in [-0.4, -0.2) is 25.8 Å². The summed E-state index contributed by atoms with van der Waals surface area (Å²) in [6.07, 6.45) is -0.734. The van der Waals surface area contributed by atoms with Crippen LogP contribution < -0.4 is 9.47 Å². The van der Waals surface area contributed by atoms with Gasteiger partial charge in [0.25, 0.3) is 0 Å². The zero-order chi connectivity index (χ0) is 13.5. The second-order valence-corrected chi connectivity index (χ2v) is 3.49. The van der Waals surface area contributed by atoms with E-state index in [0.29, 0.717) is 23.7 Å². The molecule has 0 aliphatic carbocycles. The molecule has 0 unspecified atom stereocenters. The second kappa shape index (κ2) is 6.50. The van der Waals surface area contributed by atoms with E-state index in [0.717, 1.165) is 0 Å². The van der Waals surface area contributed by atoms with Gasteiger partial charge in [0, 0.05) is 6.07 Å². The molecule has 0 saturated carbocycles. The Morgan fingerprint density at radius 1 is 1.44 bits per heavy atom. The lowest BCUT2D eigenvalue weighted by atomic mass is 10.2. The summed E-state index contributed by atoms with van der Waals surface area (Å²) in [4.78, 5) is 11.3. The summed E-state index contributed by atoms with van der Waals surface area (Å²) in [5.41, 5.74) is 0.469. The molecule has 0 amide bonds. The highest BCUT2D eigenvalue weighted by molar-refractivity contribution is 5.74. The highest BCUT2D eigenvalue weighted by atomic mass is 16.6. The Hall–Kier alpha value is -2.22. The molecule has 0 heterocycles. The second-order valence-electron chi connectivity index (χ2n) is 3.49. The summed E-state index contributed by atoms with van der Waals surface area (Å²) >= 11 is 0. The molecule has 1 aromatic carbocycles. The lowest BCUT2D eigenvalue weighted by Crippen LogP contribution is -2.25. The normalized spacial score (nSPS) is 11.2. The van der Waals surface area contributed by atoms with E-state index in [4.69, 9.17) is 14.7 Å². The maximum absolute atomic E-state index is 11.3. The van der Waals surface area contributed by atoms with Crippen LogP contribution in [0.5, 0.6) is 11.5 Å². The molecule has 96 valence electrons. The number of hydrogen-bond acceptors (Lipinski definition) is 5. The minimum atomic E-state index is -0.734. The summed E-state index contributed by atoms with van der Waals surface area (Å²) in [5.74, 6) is 0.378. The van der Waals surface area contributed by atoms with Gasteiger partial charge in [-0.1, -0.05) is 0 Å². The van der Waals surface area contributed by atoms with Gasteiger partial charge in [0.15, 0.2) is 17.6 Å². The van der Waals surface area contributed by atoms with Gasteiger partial charge in [-0.3, -0.25) is 0 Å². The van der Waals surface area contributed by atoms with E-state index in [-0.39, 0.29) is 0 Å². The van der Waals surface area contributed by atoms with Crippen LogP contribution in [-0.2, 0) is 9.53 Å². The minimum Gasteiger partial charge on any atom is -0.490 e. The highest BCUT2D eigenvalue weighted by Crippen LogP contribution is 2.29. The van der Waals surface area contributed by atoms with Gasteiger partial charge in [-0.25, -0.2) is 4.79 Å². The molecule has 0 aliphatic heterocycles. The fourth-order valence-corrected chi connectivity index (χ4v) is 1.35. The van der Waals surface area contributed by atoms with Crippen molar-refractivity contribution in [3.8, 4) is 17.6 Å². The maximum Gasteiger partial charge on any atom is 0.346 e. The molecule has 0 spiro atoms. The molecule has 0 aromatic heterocycles. The van der Waals surface area contributed by atoms with Gasteiger partial charge >= 0.3 is 5.97 Å². The van der Waals surface area contributed by atoms with Gasteiger partial charge < -0.3 is 14.2 Å². The number of benzene rings is 1. The van der Waals surface area contributed by atoms with Gasteiger partial charge in [-0.2, -0.15) is 5.26 Å². The SMILES string of the molecule is CCOc1cc(C#N)ccc1O[C@@H](C)C(=O)OC. The molecule has 0 N–H and O–H groups in total. The van der Waals surface area contributed by atoms with Crippen LogP contribution >= 0.6 is 0 Å². The van der Waals surface area contributed by atoms with Gasteiger partial charge in [-0.05, 0) is 26.0 Å². The lowest BCUT2D eigenvalue weighted by molar-refractivity contribution is -0.147. The number of nitrogens with zero attached hydrogens (tertiary/aromatic N) is 1. The predicted octanol–water partition coefficient (Wildman–Crippen LogP) is 1.90. The van der Waals surface area contributed by atoms with Crippen molar-refractivity contribution in [3.05, 3.63) is 23.8 Å². The van der Waals surface area contributed by atoms with Gasteiger partial charge in [0.1, 0.15) is 0 Å². The smallest absolute Gasteiger partial charge is 0.346 e. The van der Waals surface area contributed by atoms with Crippen molar-refractivity contribution in [2.75, 3.05) is 13.7 Å². The Balaban J connectivity index is 2.94. The van der Waals surface area contributed by atoms with E-state index in [2.05, 4.69) is 4.74 Å². The molecule has 0 aliphatic rings. The van der Waals surface area contributed by atoms with Crippen molar-refractivity contribution in [3.63, 3.8) is 0 Å². The zero-order valence-corrected chi connectivity index (χ0v) is 10.6. The average Bonchev–Trinajstić information content (AvgIpc) is 2.39. The molecule has 1 rings (SSSR count). The van der Waals surface area contributed by atoms with Crippen LogP contribution in [0.3, 0.4) is 0 Å². The summed E-state index contributed by atoms with van der Waals surface area (Å²) < 4.78 is 15.4. The zero-order valence-electron chi connectivity index (χ0n) is 10.6. The van der Waals surface area contributed by atoms with Gasteiger partial charge in [0.05, 0.1) is 25.3 Å². The van der Waals surface area contributed by atoms with E-state index < -0.39 is 12.1 Å². The number of nitriles is 1. The summed E-state index contributed by atoms with van der Waals surface area (Å²) in [5, 5.41) is 8.81. The van der Waals surface area contributed by atoms with E-state index >= 15 is 0 Å². The first-order chi connectivity index (χ1) is 8.62. The lowest BCUT2D eigenvalue weighted by Gasteiger charge is -2.15. The van der Waals surface area contributed by atoms with E-state index in [1.54, 1.807) is 25.1 Å². The molecule has 0 fully saturated rings. The first-order valence-corrected chi connectivity index (χ1v) is 5.53. The first-order valence-electron chi connectivity index (χ1n) is 5.53. The highest BCUT2D eigenvalue weighted by Gasteiger charge is 2.17. The Morgan fingerprint density at radius 2 is 2.17 bits per heavy atom. The third-order valence-corrected chi connectivity index (χ3v) is 2.21. The number of esters is 1. The molecule has 5 nitrogen and oxygen atoms in total. The molecule has 1 atom stereocenters. The van der Waals surface area contributed by atoms with Crippen molar-refractivity contribution >= 4 is 5.97 Å². The van der Waals surface area contributed by atoms with E-state index in [1.165, 1.54) is 7.11 Å². The molecule has 0 radical (unpaired) electrons. The number of carbonyl (C=O) groups is 1. The van der Waals surface area contributed by atoms with Gasteiger partial charge in [0.2, 0.25) is 0 Å². The monoisotopic (exact) mass is 249 g/mol. The Bertz CT molecular complexity index is 465.